The Morgan fingerprint density at radius 2 is 1.96 bits per heavy atom. The van der Waals surface area contributed by atoms with E-state index in [4.69, 9.17) is 8.83 Å². The average Bonchev–Trinajstić information content (AvgIpc) is 3.21. The third-order valence-electron chi connectivity index (χ3n) is 4.76. The summed E-state index contributed by atoms with van der Waals surface area (Å²) in [6.07, 6.45) is 0. The number of aromatic nitrogens is 2. The smallest absolute Gasteiger partial charge is 0.302 e. The maximum absolute atomic E-state index is 12.6. The van der Waals surface area contributed by atoms with Crippen LogP contribution < -0.4 is 10.7 Å². The van der Waals surface area contributed by atoms with Crippen LogP contribution in [0.15, 0.2) is 44.0 Å². The zero-order valence-electron chi connectivity index (χ0n) is 15.3. The number of carbonyl (C=O) groups excluding carboxylic acids is 1. The summed E-state index contributed by atoms with van der Waals surface area (Å²) in [5.41, 5.74) is 3.08. The fourth-order valence-electron chi connectivity index (χ4n) is 3.26. The van der Waals surface area contributed by atoms with Gasteiger partial charge in [-0.1, -0.05) is 12.1 Å². The normalized spacial score (nSPS) is 11.4. The predicted octanol–water partition coefficient (Wildman–Crippen LogP) is 3.30. The number of furan rings is 1. The molecule has 1 N–H and O–H groups in total. The lowest BCUT2D eigenvalue weighted by Gasteiger charge is -2.04. The highest BCUT2D eigenvalue weighted by atomic mass is 16.5. The van der Waals surface area contributed by atoms with Gasteiger partial charge in [0.1, 0.15) is 11.0 Å². The molecule has 1 amide bonds. The zero-order chi connectivity index (χ0) is 19.1. The van der Waals surface area contributed by atoms with E-state index in [2.05, 4.69) is 10.4 Å². The van der Waals surface area contributed by atoms with E-state index in [1.54, 1.807) is 24.3 Å². The van der Waals surface area contributed by atoms with Crippen LogP contribution in [0.5, 0.6) is 0 Å². The summed E-state index contributed by atoms with van der Waals surface area (Å²) in [5.74, 6) is -0.317. The number of rotatable bonds is 4. The summed E-state index contributed by atoms with van der Waals surface area (Å²) in [6.45, 7) is 7.00. The fourth-order valence-corrected chi connectivity index (χ4v) is 3.26. The first-order chi connectivity index (χ1) is 13.0. The van der Waals surface area contributed by atoms with Gasteiger partial charge in [-0.15, -0.1) is 0 Å². The quantitative estimate of drug-likeness (QED) is 0.599. The van der Waals surface area contributed by atoms with Gasteiger partial charge < -0.3 is 14.2 Å². The molecule has 7 nitrogen and oxygen atoms in total. The molecule has 3 aromatic heterocycles. The highest BCUT2D eigenvalue weighted by Gasteiger charge is 2.18. The monoisotopic (exact) mass is 365 g/mol. The van der Waals surface area contributed by atoms with Crippen LogP contribution >= 0.6 is 0 Å². The lowest BCUT2D eigenvalue weighted by atomic mass is 10.2. The predicted molar refractivity (Wildman–Crippen MR) is 101 cm³/mol. The Labute approximate surface area is 154 Å². The van der Waals surface area contributed by atoms with Crippen molar-refractivity contribution in [3.8, 4) is 0 Å². The number of fused-ring (bicyclic) bond motifs is 2. The van der Waals surface area contributed by atoms with E-state index in [1.165, 1.54) is 6.07 Å². The van der Waals surface area contributed by atoms with Crippen molar-refractivity contribution in [1.29, 1.82) is 0 Å². The molecule has 7 heteroatoms. The number of nitrogens with one attached hydrogen (secondary N) is 1. The minimum atomic E-state index is -0.409. The molecule has 0 radical (unpaired) electrons. The van der Waals surface area contributed by atoms with Crippen molar-refractivity contribution in [3.63, 3.8) is 0 Å². The van der Waals surface area contributed by atoms with Gasteiger partial charge in [0.25, 0.3) is 5.91 Å². The lowest BCUT2D eigenvalue weighted by molar-refractivity contribution is 0.0923. The van der Waals surface area contributed by atoms with Gasteiger partial charge in [0.05, 0.1) is 11.1 Å². The summed E-state index contributed by atoms with van der Waals surface area (Å²) in [7, 11) is 0. The van der Waals surface area contributed by atoms with Gasteiger partial charge in [-0.25, -0.2) is 0 Å². The van der Waals surface area contributed by atoms with Crippen molar-refractivity contribution < 1.29 is 13.6 Å². The van der Waals surface area contributed by atoms with Crippen LogP contribution in [0.4, 0.5) is 0 Å². The molecule has 4 aromatic rings. The maximum atomic E-state index is 12.6. The van der Waals surface area contributed by atoms with Crippen molar-refractivity contribution in [2.75, 3.05) is 0 Å². The molecule has 0 unspecified atom stereocenters. The number of aryl methyl sites for hydroxylation is 2. The van der Waals surface area contributed by atoms with Crippen LogP contribution in [0.2, 0.25) is 0 Å². The molecule has 138 valence electrons. The molecular formula is C20H19N3O4. The second-order valence-corrected chi connectivity index (χ2v) is 6.39. The Morgan fingerprint density at radius 1 is 1.19 bits per heavy atom. The maximum Gasteiger partial charge on any atom is 0.302 e. The number of para-hydroxylation sites is 1. The van der Waals surface area contributed by atoms with Crippen LogP contribution in [0, 0.1) is 13.8 Å². The van der Waals surface area contributed by atoms with Crippen molar-refractivity contribution in [3.05, 3.63) is 63.3 Å². The molecule has 0 aliphatic carbocycles. The van der Waals surface area contributed by atoms with Gasteiger partial charge in [0, 0.05) is 30.4 Å². The molecule has 0 saturated heterocycles. The van der Waals surface area contributed by atoms with Crippen molar-refractivity contribution >= 4 is 28.0 Å². The summed E-state index contributed by atoms with van der Waals surface area (Å²) in [5, 5.41) is 7.98. The van der Waals surface area contributed by atoms with E-state index >= 15 is 0 Å². The molecule has 4 rings (SSSR count). The van der Waals surface area contributed by atoms with Crippen LogP contribution in [0.1, 0.15) is 34.4 Å². The largest absolute Gasteiger partial charge is 0.425 e. The van der Waals surface area contributed by atoms with Gasteiger partial charge >= 0.3 is 5.78 Å². The van der Waals surface area contributed by atoms with Crippen molar-refractivity contribution in [2.45, 2.75) is 33.9 Å². The van der Waals surface area contributed by atoms with Crippen LogP contribution in [0.3, 0.4) is 0 Å². The third-order valence-corrected chi connectivity index (χ3v) is 4.76. The Hall–Kier alpha value is -3.35. The highest BCUT2D eigenvalue weighted by molar-refractivity contribution is 5.97. The van der Waals surface area contributed by atoms with Crippen LogP contribution in [-0.2, 0) is 13.1 Å². The minimum absolute atomic E-state index is 0.0411. The highest BCUT2D eigenvalue weighted by Crippen LogP contribution is 2.22. The summed E-state index contributed by atoms with van der Waals surface area (Å²) < 4.78 is 13.0. The summed E-state index contributed by atoms with van der Waals surface area (Å²) >= 11 is 0. The molecule has 0 fully saturated rings. The second kappa shape index (κ2) is 6.42. The number of carbonyl (C=O) groups is 1. The van der Waals surface area contributed by atoms with Crippen molar-refractivity contribution in [2.24, 2.45) is 0 Å². The molecule has 27 heavy (non-hydrogen) atoms. The van der Waals surface area contributed by atoms with E-state index in [1.807, 2.05) is 25.5 Å². The topological polar surface area (TPSA) is 90.3 Å². The molecule has 3 heterocycles. The molecule has 0 aliphatic heterocycles. The van der Waals surface area contributed by atoms with E-state index < -0.39 is 5.91 Å². The molecule has 0 bridgehead atoms. The average molecular weight is 365 g/mol. The number of nitrogens with zero attached hydrogens (tertiary/aromatic N) is 2. The fraction of sp³-hybridized carbons (Fsp3) is 0.250. The summed E-state index contributed by atoms with van der Waals surface area (Å²) in [6, 6.07) is 8.34. The van der Waals surface area contributed by atoms with Crippen LogP contribution in [-0.4, -0.2) is 15.7 Å². The van der Waals surface area contributed by atoms with Gasteiger partial charge in [-0.3, -0.25) is 14.3 Å². The number of hydrogen-bond acceptors (Lipinski definition) is 5. The summed E-state index contributed by atoms with van der Waals surface area (Å²) in [4.78, 5) is 25.1. The molecule has 1 aromatic carbocycles. The molecular weight excluding hydrogens is 346 g/mol. The lowest BCUT2D eigenvalue weighted by Crippen LogP contribution is -2.23. The SMILES string of the molecule is CCn1nc(C)c(CNC(=O)c2cc3c(=O)c4ccccc4oc3o2)c1C. The first-order valence-corrected chi connectivity index (χ1v) is 8.76. The molecule has 0 saturated carbocycles. The van der Waals surface area contributed by atoms with E-state index in [0.29, 0.717) is 17.5 Å². The van der Waals surface area contributed by atoms with Crippen LogP contribution in [0.25, 0.3) is 22.1 Å². The molecule has 0 atom stereocenters. The molecule has 0 spiro atoms. The Morgan fingerprint density at radius 3 is 2.70 bits per heavy atom. The second-order valence-electron chi connectivity index (χ2n) is 6.39. The van der Waals surface area contributed by atoms with Gasteiger partial charge in [-0.05, 0) is 32.9 Å². The number of amides is 1. The standard InChI is InChI=1S/C20H19N3O4/c1-4-23-12(3)15(11(2)22-23)10-21-19(25)17-9-14-18(24)13-7-5-6-8-16(13)26-20(14)27-17/h5-9H,4,10H2,1-3H3,(H,21,25). The van der Waals surface area contributed by atoms with Crippen molar-refractivity contribution in [1.82, 2.24) is 15.1 Å². The number of hydrogen-bond donors (Lipinski definition) is 1. The Kier molecular flexibility index (Phi) is 4.07. The number of benzene rings is 1. The minimum Gasteiger partial charge on any atom is -0.425 e. The first-order valence-electron chi connectivity index (χ1n) is 8.76. The van der Waals surface area contributed by atoms with Gasteiger partial charge in [-0.2, -0.15) is 5.10 Å². The Balaban J connectivity index is 1.63. The van der Waals surface area contributed by atoms with Gasteiger partial charge in [0.2, 0.25) is 5.43 Å². The zero-order valence-corrected chi connectivity index (χ0v) is 15.3. The van der Waals surface area contributed by atoms with E-state index in [-0.39, 0.29) is 22.4 Å². The Bertz CT molecular complexity index is 1230. The first kappa shape index (κ1) is 17.1. The van der Waals surface area contributed by atoms with E-state index in [9.17, 15) is 9.59 Å². The van der Waals surface area contributed by atoms with E-state index in [0.717, 1.165) is 23.5 Å². The third kappa shape index (κ3) is 2.81. The molecule has 0 aliphatic rings. The van der Waals surface area contributed by atoms with Gasteiger partial charge in [0.15, 0.2) is 5.76 Å².